The Bertz CT molecular complexity index is 761. The van der Waals surface area contributed by atoms with Crippen molar-refractivity contribution in [3.63, 3.8) is 0 Å². The van der Waals surface area contributed by atoms with Gasteiger partial charge in [0.15, 0.2) is 6.10 Å². The summed E-state index contributed by atoms with van der Waals surface area (Å²) in [5.74, 6) is 0.701. The van der Waals surface area contributed by atoms with Crippen LogP contribution in [0.1, 0.15) is 31.1 Å². The van der Waals surface area contributed by atoms with Crippen molar-refractivity contribution in [1.82, 2.24) is 10.9 Å². The average Bonchev–Trinajstić information content (AvgIpc) is 2.66. The number of benzene rings is 2. The van der Waals surface area contributed by atoms with Crippen LogP contribution in [-0.4, -0.2) is 24.5 Å². The zero-order chi connectivity index (χ0) is 19.8. The third-order valence-electron chi connectivity index (χ3n) is 3.49. The van der Waals surface area contributed by atoms with Crippen LogP contribution in [0.4, 0.5) is 0 Å². The highest BCUT2D eigenvalue weighted by molar-refractivity contribution is 6.30. The van der Waals surface area contributed by atoms with Crippen LogP contribution < -0.4 is 20.3 Å². The van der Waals surface area contributed by atoms with Crippen LogP contribution in [0, 0.1) is 5.92 Å². The highest BCUT2D eigenvalue weighted by Gasteiger charge is 2.16. The van der Waals surface area contributed by atoms with Gasteiger partial charge in [0.1, 0.15) is 11.5 Å². The first kappa shape index (κ1) is 20.6. The van der Waals surface area contributed by atoms with Gasteiger partial charge in [-0.25, -0.2) is 0 Å². The second-order valence-electron chi connectivity index (χ2n) is 6.39. The predicted molar refractivity (Wildman–Crippen MR) is 104 cm³/mol. The van der Waals surface area contributed by atoms with Gasteiger partial charge >= 0.3 is 0 Å². The van der Waals surface area contributed by atoms with E-state index in [0.29, 0.717) is 34.6 Å². The van der Waals surface area contributed by atoms with Crippen LogP contribution in [0.15, 0.2) is 48.5 Å². The zero-order valence-electron chi connectivity index (χ0n) is 15.5. The number of ether oxygens (including phenoxy) is 2. The van der Waals surface area contributed by atoms with Crippen molar-refractivity contribution < 1.29 is 19.1 Å². The third-order valence-corrected chi connectivity index (χ3v) is 3.75. The molecule has 2 aromatic rings. The minimum Gasteiger partial charge on any atom is -0.493 e. The molecule has 7 heteroatoms. The van der Waals surface area contributed by atoms with Crippen molar-refractivity contribution in [3.8, 4) is 11.5 Å². The summed E-state index contributed by atoms with van der Waals surface area (Å²) in [6, 6.07) is 13.3. The van der Waals surface area contributed by atoms with Crippen molar-refractivity contribution >= 4 is 23.4 Å². The van der Waals surface area contributed by atoms with Crippen molar-refractivity contribution in [2.45, 2.75) is 26.9 Å². The number of amides is 2. The quantitative estimate of drug-likeness (QED) is 0.708. The molecule has 2 amide bonds. The fourth-order valence-corrected chi connectivity index (χ4v) is 2.15. The summed E-state index contributed by atoms with van der Waals surface area (Å²) >= 11 is 5.80. The zero-order valence-corrected chi connectivity index (χ0v) is 16.2. The van der Waals surface area contributed by atoms with Gasteiger partial charge in [-0.15, -0.1) is 0 Å². The topological polar surface area (TPSA) is 76.7 Å². The summed E-state index contributed by atoms with van der Waals surface area (Å²) in [6.45, 7) is 6.30. The van der Waals surface area contributed by atoms with E-state index >= 15 is 0 Å². The summed E-state index contributed by atoms with van der Waals surface area (Å²) < 4.78 is 11.1. The number of carbonyl (C=O) groups is 2. The standard InChI is InChI=1S/C20H23ClN2O4/c1-13(2)12-26-17-8-4-15(5-9-17)20(25)23-22-19(24)14(3)27-18-10-6-16(21)7-11-18/h4-11,13-14H,12H2,1-3H3,(H,22,24)(H,23,25). The lowest BCUT2D eigenvalue weighted by molar-refractivity contribution is -0.128. The molecule has 0 spiro atoms. The highest BCUT2D eigenvalue weighted by atomic mass is 35.5. The Morgan fingerprint density at radius 1 is 0.926 bits per heavy atom. The smallest absolute Gasteiger partial charge is 0.279 e. The van der Waals surface area contributed by atoms with E-state index in [1.165, 1.54) is 0 Å². The first-order valence-electron chi connectivity index (χ1n) is 8.60. The predicted octanol–water partition coefficient (Wildman–Crippen LogP) is 3.60. The van der Waals surface area contributed by atoms with Gasteiger partial charge in [-0.05, 0) is 61.4 Å². The molecule has 0 saturated carbocycles. The fraction of sp³-hybridized carbons (Fsp3) is 0.300. The lowest BCUT2D eigenvalue weighted by Gasteiger charge is -2.15. The maximum absolute atomic E-state index is 12.1. The largest absolute Gasteiger partial charge is 0.493 e. The fourth-order valence-electron chi connectivity index (χ4n) is 2.03. The summed E-state index contributed by atoms with van der Waals surface area (Å²) in [4.78, 5) is 24.2. The molecule has 2 N–H and O–H groups in total. The van der Waals surface area contributed by atoms with E-state index in [2.05, 4.69) is 24.7 Å². The number of hydrogen-bond donors (Lipinski definition) is 2. The third kappa shape index (κ3) is 6.83. The van der Waals surface area contributed by atoms with Crippen molar-refractivity contribution in [3.05, 3.63) is 59.1 Å². The molecule has 144 valence electrons. The van der Waals surface area contributed by atoms with Gasteiger partial charge in [-0.1, -0.05) is 25.4 Å². The minimum atomic E-state index is -0.793. The Kier molecular flexibility index (Phi) is 7.49. The lowest BCUT2D eigenvalue weighted by Crippen LogP contribution is -2.47. The Morgan fingerprint density at radius 2 is 1.52 bits per heavy atom. The van der Waals surface area contributed by atoms with E-state index in [1.54, 1.807) is 55.5 Å². The second kappa shape index (κ2) is 9.83. The molecule has 2 rings (SSSR count). The highest BCUT2D eigenvalue weighted by Crippen LogP contribution is 2.17. The van der Waals surface area contributed by atoms with Crippen molar-refractivity contribution in [2.24, 2.45) is 5.92 Å². The molecule has 0 fully saturated rings. The van der Waals surface area contributed by atoms with Gasteiger partial charge in [0, 0.05) is 10.6 Å². The van der Waals surface area contributed by atoms with E-state index in [4.69, 9.17) is 21.1 Å². The Morgan fingerprint density at radius 3 is 2.11 bits per heavy atom. The summed E-state index contributed by atoms with van der Waals surface area (Å²) in [5, 5.41) is 0.576. The first-order chi connectivity index (χ1) is 12.8. The maximum Gasteiger partial charge on any atom is 0.279 e. The van der Waals surface area contributed by atoms with Crippen LogP contribution in [-0.2, 0) is 4.79 Å². The number of halogens is 1. The van der Waals surface area contributed by atoms with Crippen LogP contribution in [0.25, 0.3) is 0 Å². The van der Waals surface area contributed by atoms with Gasteiger partial charge in [0.25, 0.3) is 11.8 Å². The lowest BCUT2D eigenvalue weighted by atomic mass is 10.2. The summed E-state index contributed by atoms with van der Waals surface area (Å²) in [6.07, 6.45) is -0.793. The van der Waals surface area contributed by atoms with Crippen LogP contribution in [0.5, 0.6) is 11.5 Å². The number of carbonyl (C=O) groups excluding carboxylic acids is 2. The molecule has 0 aliphatic carbocycles. The van der Waals surface area contributed by atoms with Crippen LogP contribution in [0.2, 0.25) is 5.02 Å². The van der Waals surface area contributed by atoms with Gasteiger partial charge in [-0.2, -0.15) is 0 Å². The van der Waals surface area contributed by atoms with E-state index in [1.807, 2.05) is 0 Å². The molecule has 0 heterocycles. The van der Waals surface area contributed by atoms with Crippen LogP contribution in [0.3, 0.4) is 0 Å². The number of rotatable bonds is 7. The molecule has 0 aromatic heterocycles. The van der Waals surface area contributed by atoms with Crippen molar-refractivity contribution in [1.29, 1.82) is 0 Å². The van der Waals surface area contributed by atoms with E-state index in [0.717, 1.165) is 0 Å². The number of hydrogen-bond acceptors (Lipinski definition) is 4. The Hall–Kier alpha value is -2.73. The molecule has 0 aliphatic heterocycles. The number of nitrogens with one attached hydrogen (secondary N) is 2. The van der Waals surface area contributed by atoms with E-state index < -0.39 is 17.9 Å². The minimum absolute atomic E-state index is 0.401. The summed E-state index contributed by atoms with van der Waals surface area (Å²) in [5.41, 5.74) is 5.11. The Balaban J connectivity index is 1.81. The van der Waals surface area contributed by atoms with Crippen molar-refractivity contribution in [2.75, 3.05) is 6.61 Å². The van der Waals surface area contributed by atoms with Gasteiger partial charge in [0.05, 0.1) is 6.61 Å². The van der Waals surface area contributed by atoms with E-state index in [-0.39, 0.29) is 0 Å². The van der Waals surface area contributed by atoms with Gasteiger partial charge in [-0.3, -0.25) is 20.4 Å². The molecule has 0 bridgehead atoms. The maximum atomic E-state index is 12.1. The average molecular weight is 391 g/mol. The molecule has 27 heavy (non-hydrogen) atoms. The van der Waals surface area contributed by atoms with Gasteiger partial charge < -0.3 is 9.47 Å². The normalized spacial score (nSPS) is 11.6. The Labute approximate surface area is 163 Å². The summed E-state index contributed by atoms with van der Waals surface area (Å²) in [7, 11) is 0. The molecule has 6 nitrogen and oxygen atoms in total. The van der Waals surface area contributed by atoms with Gasteiger partial charge in [0.2, 0.25) is 0 Å². The molecule has 2 aromatic carbocycles. The monoisotopic (exact) mass is 390 g/mol. The second-order valence-corrected chi connectivity index (χ2v) is 6.82. The first-order valence-corrected chi connectivity index (χ1v) is 8.98. The molecule has 1 atom stereocenters. The van der Waals surface area contributed by atoms with Crippen LogP contribution >= 0.6 is 11.6 Å². The molecule has 1 unspecified atom stereocenters. The van der Waals surface area contributed by atoms with E-state index in [9.17, 15) is 9.59 Å². The molecular formula is C20H23ClN2O4. The molecule has 0 radical (unpaired) electrons. The molecule has 0 aliphatic rings. The number of hydrazine groups is 1. The SMILES string of the molecule is CC(C)COc1ccc(C(=O)NNC(=O)C(C)Oc2ccc(Cl)cc2)cc1. The molecular weight excluding hydrogens is 368 g/mol. The molecule has 0 saturated heterocycles.